The van der Waals surface area contributed by atoms with Crippen LogP contribution in [0.15, 0.2) is 16.6 Å². The molecule has 0 amide bonds. The van der Waals surface area contributed by atoms with Crippen LogP contribution in [0, 0.1) is 0 Å². The predicted molar refractivity (Wildman–Crippen MR) is 76.7 cm³/mol. The molecular weight excluding hydrogens is 316 g/mol. The number of fused-ring (bicyclic) bond motifs is 1. The molecule has 1 atom stereocenters. The standard InChI is InChI=1S/C14H16BrClO2/c1-2-3-4-5-10-8-13(17)11-6-9(16)7-12(15)14(11)18-10/h6-7,10H,2-5,8H2,1H3/t10-/m0/s1. The molecule has 0 bridgehead atoms. The second-order valence-corrected chi connectivity index (χ2v) is 5.92. The average molecular weight is 332 g/mol. The van der Waals surface area contributed by atoms with Crippen molar-refractivity contribution in [3.8, 4) is 5.75 Å². The summed E-state index contributed by atoms with van der Waals surface area (Å²) < 4.78 is 6.67. The van der Waals surface area contributed by atoms with Crippen molar-refractivity contribution in [2.75, 3.05) is 0 Å². The van der Waals surface area contributed by atoms with Crippen LogP contribution in [0.2, 0.25) is 5.02 Å². The molecule has 0 fully saturated rings. The van der Waals surface area contributed by atoms with Gasteiger partial charge in [-0.1, -0.05) is 31.4 Å². The first-order chi connectivity index (χ1) is 8.61. The van der Waals surface area contributed by atoms with Crippen LogP contribution in [0.1, 0.15) is 49.4 Å². The number of ether oxygens (including phenoxy) is 1. The molecule has 1 aromatic rings. The molecule has 2 nitrogen and oxygen atoms in total. The van der Waals surface area contributed by atoms with Crippen LogP contribution in [0.5, 0.6) is 5.75 Å². The molecule has 18 heavy (non-hydrogen) atoms. The van der Waals surface area contributed by atoms with E-state index in [2.05, 4.69) is 22.9 Å². The highest BCUT2D eigenvalue weighted by Crippen LogP contribution is 2.38. The van der Waals surface area contributed by atoms with Crippen LogP contribution in [0.4, 0.5) is 0 Å². The molecular formula is C14H16BrClO2. The van der Waals surface area contributed by atoms with Crippen LogP contribution in [-0.4, -0.2) is 11.9 Å². The fourth-order valence-corrected chi connectivity index (χ4v) is 3.10. The first kappa shape index (κ1) is 13.9. The Morgan fingerprint density at radius 2 is 2.22 bits per heavy atom. The largest absolute Gasteiger partial charge is 0.488 e. The van der Waals surface area contributed by atoms with E-state index in [0.717, 1.165) is 17.3 Å². The Balaban J connectivity index is 2.15. The van der Waals surface area contributed by atoms with Crippen molar-refractivity contribution in [2.24, 2.45) is 0 Å². The summed E-state index contributed by atoms with van der Waals surface area (Å²) in [7, 11) is 0. The maximum absolute atomic E-state index is 12.1. The van der Waals surface area contributed by atoms with Crippen LogP contribution >= 0.6 is 27.5 Å². The molecule has 2 rings (SSSR count). The number of hydrogen-bond acceptors (Lipinski definition) is 2. The quantitative estimate of drug-likeness (QED) is 0.724. The van der Waals surface area contributed by atoms with Gasteiger partial charge in [0.1, 0.15) is 11.9 Å². The topological polar surface area (TPSA) is 26.3 Å². The Morgan fingerprint density at radius 1 is 1.44 bits per heavy atom. The molecule has 0 saturated heterocycles. The van der Waals surface area contributed by atoms with Gasteiger partial charge in [0.05, 0.1) is 10.0 Å². The third kappa shape index (κ3) is 3.07. The Kier molecular flexibility index (Phi) is 4.68. The highest BCUT2D eigenvalue weighted by Gasteiger charge is 2.28. The summed E-state index contributed by atoms with van der Waals surface area (Å²) in [5.74, 6) is 0.776. The Hall–Kier alpha value is -0.540. The summed E-state index contributed by atoms with van der Waals surface area (Å²) in [6, 6.07) is 3.45. The van der Waals surface area contributed by atoms with E-state index in [9.17, 15) is 4.79 Å². The molecule has 0 saturated carbocycles. The third-order valence-electron chi connectivity index (χ3n) is 3.14. The number of ketones is 1. The first-order valence-corrected chi connectivity index (χ1v) is 7.47. The lowest BCUT2D eigenvalue weighted by atomic mass is 9.97. The van der Waals surface area contributed by atoms with Crippen molar-refractivity contribution in [2.45, 2.75) is 45.1 Å². The average Bonchev–Trinajstić information content (AvgIpc) is 2.31. The molecule has 0 unspecified atom stereocenters. The molecule has 0 aliphatic carbocycles. The summed E-state index contributed by atoms with van der Waals surface area (Å²) >= 11 is 9.36. The molecule has 1 aliphatic rings. The summed E-state index contributed by atoms with van der Waals surface area (Å²) in [6.45, 7) is 2.17. The minimum absolute atomic E-state index is 0.00836. The van der Waals surface area contributed by atoms with Crippen molar-refractivity contribution in [1.29, 1.82) is 0 Å². The molecule has 0 aromatic heterocycles. The fraction of sp³-hybridized carbons (Fsp3) is 0.500. The second-order valence-electron chi connectivity index (χ2n) is 4.63. The zero-order valence-corrected chi connectivity index (χ0v) is 12.7. The first-order valence-electron chi connectivity index (χ1n) is 6.30. The monoisotopic (exact) mass is 330 g/mol. The summed E-state index contributed by atoms with van der Waals surface area (Å²) in [5, 5.41) is 0.557. The van der Waals surface area contributed by atoms with Gasteiger partial charge >= 0.3 is 0 Å². The second kappa shape index (κ2) is 6.07. The van der Waals surface area contributed by atoms with E-state index in [1.807, 2.05) is 0 Å². The Bertz CT molecular complexity index is 459. The van der Waals surface area contributed by atoms with Crippen molar-refractivity contribution < 1.29 is 9.53 Å². The van der Waals surface area contributed by atoms with Crippen molar-refractivity contribution in [1.82, 2.24) is 0 Å². The van der Waals surface area contributed by atoms with Gasteiger partial charge in [-0.25, -0.2) is 0 Å². The molecule has 4 heteroatoms. The van der Waals surface area contributed by atoms with Crippen LogP contribution in [-0.2, 0) is 0 Å². The number of carbonyl (C=O) groups is 1. The van der Waals surface area contributed by atoms with Gasteiger partial charge in [-0.15, -0.1) is 0 Å². The fourth-order valence-electron chi connectivity index (χ4n) is 2.20. The smallest absolute Gasteiger partial charge is 0.170 e. The summed E-state index contributed by atoms with van der Waals surface area (Å²) in [4.78, 5) is 12.1. The lowest BCUT2D eigenvalue weighted by Gasteiger charge is -2.26. The molecule has 1 aliphatic heterocycles. The maximum Gasteiger partial charge on any atom is 0.170 e. The van der Waals surface area contributed by atoms with Crippen molar-refractivity contribution >= 4 is 33.3 Å². The molecule has 98 valence electrons. The van der Waals surface area contributed by atoms with E-state index in [4.69, 9.17) is 16.3 Å². The van der Waals surface area contributed by atoms with Gasteiger partial charge in [-0.05, 0) is 40.9 Å². The summed E-state index contributed by atoms with van der Waals surface area (Å²) in [6.07, 6.45) is 4.88. The minimum Gasteiger partial charge on any atom is -0.488 e. The highest BCUT2D eigenvalue weighted by atomic mass is 79.9. The summed E-state index contributed by atoms with van der Waals surface area (Å²) in [5.41, 5.74) is 0.598. The van der Waals surface area contributed by atoms with Gasteiger partial charge < -0.3 is 4.74 Å². The van der Waals surface area contributed by atoms with Gasteiger partial charge in [-0.2, -0.15) is 0 Å². The SMILES string of the molecule is CCCCC[C@H]1CC(=O)c2cc(Cl)cc(Br)c2O1. The number of rotatable bonds is 4. The number of Topliss-reactive ketones (excluding diaryl/α,β-unsaturated/α-hetero) is 1. The van der Waals surface area contributed by atoms with Crippen LogP contribution < -0.4 is 4.74 Å². The number of carbonyl (C=O) groups excluding carboxylic acids is 1. The van der Waals surface area contributed by atoms with Gasteiger partial charge in [-0.3, -0.25) is 4.79 Å². The molecule has 1 aromatic carbocycles. The van der Waals surface area contributed by atoms with Gasteiger partial charge in [0.15, 0.2) is 5.78 Å². The van der Waals surface area contributed by atoms with E-state index in [1.165, 1.54) is 12.8 Å². The van der Waals surface area contributed by atoms with Crippen molar-refractivity contribution in [3.05, 3.63) is 27.2 Å². The normalized spacial score (nSPS) is 18.4. The zero-order valence-electron chi connectivity index (χ0n) is 10.3. The maximum atomic E-state index is 12.1. The van der Waals surface area contributed by atoms with Gasteiger partial charge in [0, 0.05) is 11.4 Å². The number of unbranched alkanes of at least 4 members (excludes halogenated alkanes) is 2. The minimum atomic E-state index is 0.00836. The van der Waals surface area contributed by atoms with Crippen LogP contribution in [0.3, 0.4) is 0 Å². The lowest BCUT2D eigenvalue weighted by Crippen LogP contribution is -2.27. The Labute approximate surface area is 121 Å². The van der Waals surface area contributed by atoms with Crippen molar-refractivity contribution in [3.63, 3.8) is 0 Å². The third-order valence-corrected chi connectivity index (χ3v) is 3.94. The molecule has 0 N–H and O–H groups in total. The number of benzene rings is 1. The highest BCUT2D eigenvalue weighted by molar-refractivity contribution is 9.10. The molecule has 0 spiro atoms. The van der Waals surface area contributed by atoms with Crippen LogP contribution in [0.25, 0.3) is 0 Å². The molecule has 0 radical (unpaired) electrons. The van der Waals surface area contributed by atoms with Gasteiger partial charge in [0.25, 0.3) is 0 Å². The van der Waals surface area contributed by atoms with Gasteiger partial charge in [0.2, 0.25) is 0 Å². The predicted octanol–water partition coefficient (Wildman–Crippen LogP) is 5.02. The van der Waals surface area contributed by atoms with E-state index in [0.29, 0.717) is 22.8 Å². The number of halogens is 2. The Morgan fingerprint density at radius 3 is 2.94 bits per heavy atom. The van der Waals surface area contributed by atoms with E-state index >= 15 is 0 Å². The molecule has 1 heterocycles. The zero-order chi connectivity index (χ0) is 13.1. The lowest BCUT2D eigenvalue weighted by molar-refractivity contribution is 0.0833. The van der Waals surface area contributed by atoms with E-state index < -0.39 is 0 Å². The number of hydrogen-bond donors (Lipinski definition) is 0. The van der Waals surface area contributed by atoms with E-state index in [1.54, 1.807) is 12.1 Å². The van der Waals surface area contributed by atoms with E-state index in [-0.39, 0.29) is 11.9 Å².